The predicted molar refractivity (Wildman–Crippen MR) is 83.6 cm³/mol. The van der Waals surface area contributed by atoms with Crippen LogP contribution in [0.25, 0.3) is 0 Å². The van der Waals surface area contributed by atoms with Gasteiger partial charge in [0.1, 0.15) is 5.75 Å². The van der Waals surface area contributed by atoms with E-state index >= 15 is 0 Å². The maximum atomic E-state index is 12.4. The SMILES string of the molecule is CNC(=O)c1cccc(S(=O)(=O)Nc2ccccc2OC)c1. The number of carbonyl (C=O) groups is 1. The zero-order chi connectivity index (χ0) is 16.2. The van der Waals surface area contributed by atoms with Crippen LogP contribution in [-0.4, -0.2) is 28.5 Å². The number of anilines is 1. The summed E-state index contributed by atoms with van der Waals surface area (Å²) in [5.41, 5.74) is 0.598. The minimum atomic E-state index is -3.82. The van der Waals surface area contributed by atoms with Crippen LogP contribution < -0.4 is 14.8 Å². The van der Waals surface area contributed by atoms with Crippen molar-refractivity contribution in [3.8, 4) is 5.75 Å². The number of amides is 1. The van der Waals surface area contributed by atoms with Gasteiger partial charge in [0.15, 0.2) is 0 Å². The van der Waals surface area contributed by atoms with Gasteiger partial charge in [-0.25, -0.2) is 8.42 Å². The Bertz CT molecular complexity index is 788. The highest BCUT2D eigenvalue weighted by Gasteiger charge is 2.17. The van der Waals surface area contributed by atoms with E-state index in [9.17, 15) is 13.2 Å². The molecule has 2 aromatic rings. The van der Waals surface area contributed by atoms with Crippen molar-refractivity contribution in [2.24, 2.45) is 0 Å². The molecule has 7 heteroatoms. The molecule has 0 aliphatic heterocycles. The first-order chi connectivity index (χ1) is 10.5. The smallest absolute Gasteiger partial charge is 0.262 e. The van der Waals surface area contributed by atoms with Gasteiger partial charge < -0.3 is 10.1 Å². The lowest BCUT2D eigenvalue weighted by Gasteiger charge is -2.12. The molecule has 2 aromatic carbocycles. The van der Waals surface area contributed by atoms with Crippen LogP contribution in [0.4, 0.5) is 5.69 Å². The van der Waals surface area contributed by atoms with Crippen LogP contribution in [0.1, 0.15) is 10.4 Å². The zero-order valence-electron chi connectivity index (χ0n) is 12.2. The van der Waals surface area contributed by atoms with Crippen LogP contribution >= 0.6 is 0 Å². The van der Waals surface area contributed by atoms with Crippen LogP contribution in [0.5, 0.6) is 5.75 Å². The molecular weight excluding hydrogens is 304 g/mol. The Hall–Kier alpha value is -2.54. The summed E-state index contributed by atoms with van der Waals surface area (Å²) in [5, 5.41) is 2.45. The van der Waals surface area contributed by atoms with Crippen LogP contribution in [0.2, 0.25) is 0 Å². The third kappa shape index (κ3) is 3.37. The number of sulfonamides is 1. The van der Waals surface area contributed by atoms with Crippen molar-refractivity contribution in [3.63, 3.8) is 0 Å². The number of carbonyl (C=O) groups excluding carboxylic acids is 1. The fourth-order valence-electron chi connectivity index (χ4n) is 1.88. The molecule has 6 nitrogen and oxygen atoms in total. The molecule has 0 aliphatic rings. The highest BCUT2D eigenvalue weighted by molar-refractivity contribution is 7.92. The molecule has 0 fully saturated rings. The highest BCUT2D eigenvalue weighted by Crippen LogP contribution is 2.26. The average molecular weight is 320 g/mol. The second-order valence-electron chi connectivity index (χ2n) is 4.41. The van der Waals surface area contributed by atoms with Crippen molar-refractivity contribution in [2.75, 3.05) is 18.9 Å². The van der Waals surface area contributed by atoms with Crippen LogP contribution in [0, 0.1) is 0 Å². The number of hydrogen-bond donors (Lipinski definition) is 2. The molecular formula is C15H16N2O4S. The van der Waals surface area contributed by atoms with Gasteiger partial charge in [-0.3, -0.25) is 9.52 Å². The standard InChI is InChI=1S/C15H16N2O4S/c1-16-15(18)11-6-5-7-12(10-11)22(19,20)17-13-8-3-4-9-14(13)21-2/h3-10,17H,1-2H3,(H,16,18). The molecule has 0 radical (unpaired) electrons. The van der Waals surface area contributed by atoms with Crippen molar-refractivity contribution in [1.82, 2.24) is 5.32 Å². The Balaban J connectivity index is 2.37. The minimum Gasteiger partial charge on any atom is -0.495 e. The lowest BCUT2D eigenvalue weighted by atomic mass is 10.2. The predicted octanol–water partition coefficient (Wildman–Crippen LogP) is 1.86. The van der Waals surface area contributed by atoms with Gasteiger partial charge in [-0.05, 0) is 30.3 Å². The normalized spacial score (nSPS) is 10.8. The summed E-state index contributed by atoms with van der Waals surface area (Å²) >= 11 is 0. The zero-order valence-corrected chi connectivity index (χ0v) is 13.0. The van der Waals surface area contributed by atoms with Crippen molar-refractivity contribution < 1.29 is 17.9 Å². The van der Waals surface area contributed by atoms with E-state index in [0.717, 1.165) is 0 Å². The molecule has 0 heterocycles. The van der Waals surface area contributed by atoms with E-state index in [4.69, 9.17) is 4.74 Å². The summed E-state index contributed by atoms with van der Waals surface area (Å²) in [4.78, 5) is 11.6. The number of methoxy groups -OCH3 is 1. The number of para-hydroxylation sites is 2. The van der Waals surface area contributed by atoms with Crippen LogP contribution in [0.3, 0.4) is 0 Å². The summed E-state index contributed by atoms with van der Waals surface area (Å²) in [6.45, 7) is 0. The second-order valence-corrected chi connectivity index (χ2v) is 6.10. The minimum absolute atomic E-state index is 0.000457. The summed E-state index contributed by atoms with van der Waals surface area (Å²) < 4.78 is 32.4. The Morgan fingerprint density at radius 3 is 2.50 bits per heavy atom. The van der Waals surface area contributed by atoms with Crippen molar-refractivity contribution in [2.45, 2.75) is 4.90 Å². The Labute approximate surface area is 129 Å². The summed E-state index contributed by atoms with van der Waals surface area (Å²) in [7, 11) is -0.880. The van der Waals surface area contributed by atoms with Crippen molar-refractivity contribution >= 4 is 21.6 Å². The average Bonchev–Trinajstić information content (AvgIpc) is 2.54. The Morgan fingerprint density at radius 2 is 1.82 bits per heavy atom. The molecule has 0 aliphatic carbocycles. The quantitative estimate of drug-likeness (QED) is 0.880. The Morgan fingerprint density at radius 1 is 1.09 bits per heavy atom. The molecule has 0 unspecified atom stereocenters. The van der Waals surface area contributed by atoms with Gasteiger partial charge >= 0.3 is 0 Å². The van der Waals surface area contributed by atoms with Gasteiger partial charge in [-0.2, -0.15) is 0 Å². The number of benzene rings is 2. The second kappa shape index (κ2) is 6.48. The topological polar surface area (TPSA) is 84.5 Å². The van der Waals surface area contributed by atoms with Gasteiger partial charge in [-0.15, -0.1) is 0 Å². The number of nitrogens with one attached hydrogen (secondary N) is 2. The van der Waals surface area contributed by atoms with Gasteiger partial charge in [0.2, 0.25) is 0 Å². The molecule has 2 rings (SSSR count). The highest BCUT2D eigenvalue weighted by atomic mass is 32.2. The number of rotatable bonds is 5. The summed E-state index contributed by atoms with van der Waals surface area (Å²) in [6.07, 6.45) is 0. The summed E-state index contributed by atoms with van der Waals surface area (Å²) in [5.74, 6) is 0.0582. The third-order valence-corrected chi connectivity index (χ3v) is 4.35. The van der Waals surface area contributed by atoms with Gasteiger partial charge in [0.05, 0.1) is 17.7 Å². The van der Waals surface area contributed by atoms with Gasteiger partial charge in [-0.1, -0.05) is 18.2 Å². The molecule has 0 aromatic heterocycles. The molecule has 1 amide bonds. The van der Waals surface area contributed by atoms with Crippen LogP contribution in [0.15, 0.2) is 53.4 Å². The van der Waals surface area contributed by atoms with E-state index in [1.54, 1.807) is 30.3 Å². The number of ether oxygens (including phenoxy) is 1. The number of hydrogen-bond acceptors (Lipinski definition) is 4. The maximum Gasteiger partial charge on any atom is 0.262 e. The molecule has 0 atom stereocenters. The monoisotopic (exact) mass is 320 g/mol. The first kappa shape index (κ1) is 15.8. The van der Waals surface area contributed by atoms with E-state index in [1.807, 2.05) is 0 Å². The molecule has 0 bridgehead atoms. The fraction of sp³-hybridized carbons (Fsp3) is 0.133. The molecule has 116 valence electrons. The van der Waals surface area contributed by atoms with E-state index in [-0.39, 0.29) is 16.4 Å². The first-order valence-corrected chi connectivity index (χ1v) is 7.94. The lowest BCUT2D eigenvalue weighted by Crippen LogP contribution is -2.19. The third-order valence-electron chi connectivity index (χ3n) is 2.98. The van der Waals surface area contributed by atoms with Crippen molar-refractivity contribution in [3.05, 3.63) is 54.1 Å². The van der Waals surface area contributed by atoms with Gasteiger partial charge in [0, 0.05) is 12.6 Å². The van der Waals surface area contributed by atoms with Gasteiger partial charge in [0.25, 0.3) is 15.9 Å². The van der Waals surface area contributed by atoms with E-state index in [2.05, 4.69) is 10.0 Å². The van der Waals surface area contributed by atoms with E-state index in [1.165, 1.54) is 32.4 Å². The van der Waals surface area contributed by atoms with E-state index < -0.39 is 10.0 Å². The molecule has 22 heavy (non-hydrogen) atoms. The first-order valence-electron chi connectivity index (χ1n) is 6.46. The van der Waals surface area contributed by atoms with Crippen LogP contribution in [-0.2, 0) is 10.0 Å². The maximum absolute atomic E-state index is 12.4. The lowest BCUT2D eigenvalue weighted by molar-refractivity contribution is 0.0963. The molecule has 0 saturated carbocycles. The fourth-order valence-corrected chi connectivity index (χ4v) is 3.00. The van der Waals surface area contributed by atoms with E-state index in [0.29, 0.717) is 11.4 Å². The largest absolute Gasteiger partial charge is 0.495 e. The molecule has 2 N–H and O–H groups in total. The van der Waals surface area contributed by atoms with Crippen molar-refractivity contribution in [1.29, 1.82) is 0 Å². The molecule has 0 saturated heterocycles. The molecule has 0 spiro atoms. The summed E-state index contributed by atoms with van der Waals surface area (Å²) in [6, 6.07) is 12.5. The Kier molecular flexibility index (Phi) is 4.67.